The van der Waals surface area contributed by atoms with Crippen molar-refractivity contribution in [2.45, 2.75) is 39.2 Å². The van der Waals surface area contributed by atoms with Crippen LogP contribution >= 0.6 is 0 Å². The molecule has 1 aliphatic rings. The van der Waals surface area contributed by atoms with Crippen molar-refractivity contribution < 1.29 is 23.8 Å². The van der Waals surface area contributed by atoms with E-state index in [-0.39, 0.29) is 30.9 Å². The lowest BCUT2D eigenvalue weighted by Crippen LogP contribution is -2.41. The Morgan fingerprint density at radius 3 is 2.38 bits per heavy atom. The Hall–Kier alpha value is -3.06. The quantitative estimate of drug-likeness (QED) is 0.599. The van der Waals surface area contributed by atoms with Crippen molar-refractivity contribution in [2.75, 3.05) is 39.2 Å². The molecular formula is C25H32N2O5. The smallest absolute Gasteiger partial charge is 0.307 e. The SMILES string of the molecule is CCOC(=O)C[C@H]1c2cc(OC)c(OC)cc2CCN1CC(=O)Nc1ccc(CC)cc1. The Morgan fingerprint density at radius 2 is 1.75 bits per heavy atom. The standard InChI is InChI=1S/C25H32N2O5/c1-5-17-7-9-19(10-8-17)26-24(28)16-27-12-11-18-13-22(30-3)23(31-4)14-20(18)21(27)15-25(29)32-6-2/h7-10,13-14,21H,5-6,11-12,15-16H2,1-4H3,(H,26,28)/t21-/m0/s1. The number of aryl methyl sites for hydroxylation is 1. The van der Waals surface area contributed by atoms with Crippen LogP contribution in [0.1, 0.15) is 43.0 Å². The van der Waals surface area contributed by atoms with Crippen molar-refractivity contribution in [3.8, 4) is 11.5 Å². The Kier molecular flexibility index (Phi) is 8.11. The number of rotatable bonds is 9. The molecule has 0 aliphatic carbocycles. The molecule has 0 spiro atoms. The van der Waals surface area contributed by atoms with Crippen LogP contribution in [0.25, 0.3) is 0 Å². The number of ether oxygens (including phenoxy) is 3. The van der Waals surface area contributed by atoms with E-state index in [0.29, 0.717) is 24.7 Å². The van der Waals surface area contributed by atoms with Gasteiger partial charge in [-0.3, -0.25) is 14.5 Å². The van der Waals surface area contributed by atoms with Crippen molar-refractivity contribution in [1.29, 1.82) is 0 Å². The third kappa shape index (κ3) is 5.59. The van der Waals surface area contributed by atoms with Gasteiger partial charge in [0.25, 0.3) is 0 Å². The van der Waals surface area contributed by atoms with Gasteiger partial charge >= 0.3 is 5.97 Å². The monoisotopic (exact) mass is 440 g/mol. The molecule has 0 saturated carbocycles. The van der Waals surface area contributed by atoms with Crippen LogP contribution in [-0.4, -0.2) is 50.7 Å². The van der Waals surface area contributed by atoms with E-state index in [1.807, 2.05) is 41.3 Å². The van der Waals surface area contributed by atoms with E-state index in [1.165, 1.54) is 5.56 Å². The maximum Gasteiger partial charge on any atom is 0.307 e. The fourth-order valence-corrected chi connectivity index (χ4v) is 4.09. The molecule has 0 radical (unpaired) electrons. The van der Waals surface area contributed by atoms with Crippen LogP contribution in [0, 0.1) is 0 Å². The molecule has 0 saturated heterocycles. The Labute approximate surface area is 189 Å². The van der Waals surface area contributed by atoms with Crippen molar-refractivity contribution in [2.24, 2.45) is 0 Å². The zero-order valence-corrected chi connectivity index (χ0v) is 19.3. The Bertz CT molecular complexity index is 942. The first-order valence-corrected chi connectivity index (χ1v) is 11.0. The number of nitrogens with zero attached hydrogens (tertiary/aromatic N) is 1. The van der Waals surface area contributed by atoms with Gasteiger partial charge in [0.05, 0.1) is 33.8 Å². The number of hydrogen-bond donors (Lipinski definition) is 1. The van der Waals surface area contributed by atoms with Crippen LogP contribution in [0.4, 0.5) is 5.69 Å². The molecule has 1 heterocycles. The van der Waals surface area contributed by atoms with Crippen LogP contribution in [0.15, 0.2) is 36.4 Å². The number of methoxy groups -OCH3 is 2. The third-order valence-corrected chi connectivity index (χ3v) is 5.77. The van der Waals surface area contributed by atoms with E-state index in [0.717, 1.165) is 29.7 Å². The average Bonchev–Trinajstić information content (AvgIpc) is 2.80. The number of anilines is 1. The van der Waals surface area contributed by atoms with Gasteiger partial charge in [-0.05, 0) is 60.7 Å². The van der Waals surface area contributed by atoms with Gasteiger partial charge in [-0.25, -0.2) is 0 Å². The summed E-state index contributed by atoms with van der Waals surface area (Å²) >= 11 is 0. The number of hydrogen-bond acceptors (Lipinski definition) is 6. The van der Waals surface area contributed by atoms with Gasteiger partial charge in [0.1, 0.15) is 0 Å². The molecule has 0 fully saturated rings. The Balaban J connectivity index is 1.82. The molecule has 32 heavy (non-hydrogen) atoms. The number of carbonyl (C=O) groups is 2. The van der Waals surface area contributed by atoms with E-state index in [4.69, 9.17) is 14.2 Å². The van der Waals surface area contributed by atoms with Gasteiger partial charge in [-0.15, -0.1) is 0 Å². The molecular weight excluding hydrogens is 408 g/mol. The predicted molar refractivity (Wildman–Crippen MR) is 123 cm³/mol. The second-order valence-corrected chi connectivity index (χ2v) is 7.75. The van der Waals surface area contributed by atoms with Gasteiger partial charge < -0.3 is 19.5 Å². The highest BCUT2D eigenvalue weighted by molar-refractivity contribution is 5.92. The average molecular weight is 441 g/mol. The first-order chi connectivity index (χ1) is 15.5. The zero-order valence-electron chi connectivity index (χ0n) is 19.3. The van der Waals surface area contributed by atoms with Crippen LogP contribution in [0.3, 0.4) is 0 Å². The second-order valence-electron chi connectivity index (χ2n) is 7.75. The lowest BCUT2D eigenvalue weighted by molar-refractivity contribution is -0.145. The summed E-state index contributed by atoms with van der Waals surface area (Å²) < 4.78 is 16.1. The maximum atomic E-state index is 12.8. The van der Waals surface area contributed by atoms with Crippen LogP contribution in [0.5, 0.6) is 11.5 Å². The molecule has 2 aromatic rings. The topological polar surface area (TPSA) is 77.1 Å². The van der Waals surface area contributed by atoms with E-state index in [9.17, 15) is 9.59 Å². The fourth-order valence-electron chi connectivity index (χ4n) is 4.09. The Morgan fingerprint density at radius 1 is 1.06 bits per heavy atom. The molecule has 2 aromatic carbocycles. The predicted octanol–water partition coefficient (Wildman–Crippen LogP) is 3.76. The van der Waals surface area contributed by atoms with E-state index in [1.54, 1.807) is 21.1 Å². The summed E-state index contributed by atoms with van der Waals surface area (Å²) in [6.45, 7) is 5.02. The highest BCUT2D eigenvalue weighted by atomic mass is 16.5. The van der Waals surface area contributed by atoms with Crippen molar-refractivity contribution in [3.63, 3.8) is 0 Å². The molecule has 1 atom stereocenters. The highest BCUT2D eigenvalue weighted by Crippen LogP contribution is 2.39. The number of fused-ring (bicyclic) bond motifs is 1. The molecule has 0 unspecified atom stereocenters. The summed E-state index contributed by atoms with van der Waals surface area (Å²) in [5.74, 6) is 0.845. The normalized spacial score (nSPS) is 15.6. The first-order valence-electron chi connectivity index (χ1n) is 11.0. The van der Waals surface area contributed by atoms with Gasteiger partial charge in [-0.2, -0.15) is 0 Å². The maximum absolute atomic E-state index is 12.8. The summed E-state index contributed by atoms with van der Waals surface area (Å²) in [4.78, 5) is 27.2. The number of nitrogens with one attached hydrogen (secondary N) is 1. The first kappa shape index (κ1) is 23.6. The van der Waals surface area contributed by atoms with Crippen molar-refractivity contribution in [3.05, 3.63) is 53.1 Å². The van der Waals surface area contributed by atoms with Gasteiger partial charge in [0.15, 0.2) is 11.5 Å². The molecule has 172 valence electrons. The molecule has 3 rings (SSSR count). The zero-order chi connectivity index (χ0) is 23.1. The third-order valence-electron chi connectivity index (χ3n) is 5.77. The molecule has 1 N–H and O–H groups in total. The minimum Gasteiger partial charge on any atom is -0.493 e. The number of benzene rings is 2. The number of amides is 1. The van der Waals surface area contributed by atoms with Crippen LogP contribution in [-0.2, 0) is 27.2 Å². The molecule has 1 aliphatic heterocycles. The minimum absolute atomic E-state index is 0.118. The molecule has 0 bridgehead atoms. The summed E-state index contributed by atoms with van der Waals surface area (Å²) in [7, 11) is 3.19. The van der Waals surface area contributed by atoms with Gasteiger partial charge in [0, 0.05) is 18.3 Å². The second kappa shape index (κ2) is 11.0. The largest absolute Gasteiger partial charge is 0.493 e. The van der Waals surface area contributed by atoms with E-state index >= 15 is 0 Å². The summed E-state index contributed by atoms with van der Waals surface area (Å²) in [5.41, 5.74) is 4.03. The summed E-state index contributed by atoms with van der Waals surface area (Å²) in [6.07, 6.45) is 1.85. The van der Waals surface area contributed by atoms with Gasteiger partial charge in [0.2, 0.25) is 5.91 Å². The molecule has 1 amide bonds. The highest BCUT2D eigenvalue weighted by Gasteiger charge is 2.32. The van der Waals surface area contributed by atoms with Crippen molar-refractivity contribution in [1.82, 2.24) is 4.90 Å². The van der Waals surface area contributed by atoms with Crippen molar-refractivity contribution >= 4 is 17.6 Å². The molecule has 0 aromatic heterocycles. The number of esters is 1. The summed E-state index contributed by atoms with van der Waals surface area (Å²) in [6, 6.07) is 11.4. The minimum atomic E-state index is -0.291. The number of carbonyl (C=O) groups excluding carboxylic acids is 2. The van der Waals surface area contributed by atoms with Crippen LogP contribution < -0.4 is 14.8 Å². The molecule has 7 heteroatoms. The van der Waals surface area contributed by atoms with E-state index < -0.39 is 0 Å². The van der Waals surface area contributed by atoms with Crippen LogP contribution in [0.2, 0.25) is 0 Å². The van der Waals surface area contributed by atoms with E-state index in [2.05, 4.69) is 12.2 Å². The van der Waals surface area contributed by atoms with Gasteiger partial charge in [-0.1, -0.05) is 19.1 Å². The lowest BCUT2D eigenvalue weighted by atomic mass is 9.90. The fraction of sp³-hybridized carbons (Fsp3) is 0.440. The summed E-state index contributed by atoms with van der Waals surface area (Å²) in [5, 5.41) is 2.96. The molecule has 7 nitrogen and oxygen atoms in total. The lowest BCUT2D eigenvalue weighted by Gasteiger charge is -2.37.